The summed E-state index contributed by atoms with van der Waals surface area (Å²) in [5, 5.41) is 7.74. The Labute approximate surface area is 190 Å². The largest absolute Gasteiger partial charge is 0.357 e. The highest BCUT2D eigenvalue weighted by Gasteiger charge is 2.44. The lowest BCUT2D eigenvalue weighted by molar-refractivity contribution is 0.312. The summed E-state index contributed by atoms with van der Waals surface area (Å²) in [5.41, 5.74) is 2.67. The number of guanidine groups is 1. The van der Waals surface area contributed by atoms with Crippen LogP contribution in [0, 0.1) is 0 Å². The molecule has 0 radical (unpaired) electrons. The number of pyridine rings is 1. The lowest BCUT2D eigenvalue weighted by atomic mass is 9.96. The van der Waals surface area contributed by atoms with Crippen LogP contribution in [0.25, 0.3) is 0 Å². The zero-order chi connectivity index (χ0) is 21.7. The number of aromatic nitrogens is 1. The number of hydrogen-bond donors (Lipinski definition) is 2. The van der Waals surface area contributed by atoms with Crippen molar-refractivity contribution in [3.8, 4) is 0 Å². The maximum absolute atomic E-state index is 6.22. The van der Waals surface area contributed by atoms with Crippen LogP contribution in [0.4, 0.5) is 5.82 Å². The van der Waals surface area contributed by atoms with E-state index < -0.39 is 0 Å². The van der Waals surface area contributed by atoms with E-state index in [1.54, 1.807) is 0 Å². The van der Waals surface area contributed by atoms with Crippen LogP contribution in [0.2, 0.25) is 5.02 Å². The van der Waals surface area contributed by atoms with Gasteiger partial charge in [0.05, 0.1) is 6.54 Å². The van der Waals surface area contributed by atoms with Gasteiger partial charge in [-0.3, -0.25) is 0 Å². The van der Waals surface area contributed by atoms with Crippen molar-refractivity contribution >= 4 is 23.4 Å². The minimum atomic E-state index is 0.173. The molecule has 166 valence electrons. The zero-order valence-electron chi connectivity index (χ0n) is 18.6. The number of hydrogen-bond acceptors (Lipinski definition) is 4. The first kappa shape index (κ1) is 21.9. The second-order valence-electron chi connectivity index (χ2n) is 8.65. The Kier molecular flexibility index (Phi) is 6.98. The van der Waals surface area contributed by atoms with E-state index in [-0.39, 0.29) is 5.41 Å². The third-order valence-electron chi connectivity index (χ3n) is 6.29. The van der Waals surface area contributed by atoms with Crippen molar-refractivity contribution in [3.63, 3.8) is 0 Å². The van der Waals surface area contributed by atoms with Crippen LogP contribution in [-0.4, -0.2) is 62.2 Å². The van der Waals surface area contributed by atoms with Crippen molar-refractivity contribution in [2.24, 2.45) is 4.99 Å². The Morgan fingerprint density at radius 3 is 2.65 bits per heavy atom. The first-order chi connectivity index (χ1) is 15.1. The summed E-state index contributed by atoms with van der Waals surface area (Å²) in [7, 11) is 2.17. The monoisotopic (exact) mass is 440 g/mol. The highest BCUT2D eigenvalue weighted by Crippen LogP contribution is 2.48. The van der Waals surface area contributed by atoms with Gasteiger partial charge < -0.3 is 20.4 Å². The molecule has 7 heteroatoms. The maximum Gasteiger partial charge on any atom is 0.191 e. The Bertz CT molecular complexity index is 902. The number of benzene rings is 1. The first-order valence-electron chi connectivity index (χ1n) is 11.2. The van der Waals surface area contributed by atoms with Gasteiger partial charge in [-0.2, -0.15) is 0 Å². The standard InChI is InChI=1S/C24H33ClN6/c1-3-26-23(29-18-24(8-9-24)20-5-4-6-21(25)16-20)28-17-19-7-10-27-22(15-19)31-13-11-30(2)12-14-31/h4-7,10,15-16H,3,8-9,11-14,17-18H2,1-2H3,(H2,26,28,29). The molecule has 1 aliphatic carbocycles. The van der Waals surface area contributed by atoms with Gasteiger partial charge in [0, 0.05) is 55.9 Å². The van der Waals surface area contributed by atoms with Crippen LogP contribution in [0.15, 0.2) is 47.6 Å². The SMILES string of the molecule is CCNC(=NCc1ccnc(N2CCN(C)CC2)c1)NCC1(c2cccc(Cl)c2)CC1. The molecule has 2 fully saturated rings. The number of rotatable bonds is 7. The van der Waals surface area contributed by atoms with E-state index in [2.05, 4.69) is 63.7 Å². The quantitative estimate of drug-likeness (QED) is 0.511. The van der Waals surface area contributed by atoms with Crippen LogP contribution < -0.4 is 15.5 Å². The number of likely N-dealkylation sites (N-methyl/N-ethyl adjacent to an activating group) is 1. The molecule has 1 saturated heterocycles. The lowest BCUT2D eigenvalue weighted by Gasteiger charge is -2.33. The molecule has 2 N–H and O–H groups in total. The van der Waals surface area contributed by atoms with Crippen LogP contribution in [-0.2, 0) is 12.0 Å². The molecule has 0 unspecified atom stereocenters. The molecule has 1 aliphatic heterocycles. The summed E-state index contributed by atoms with van der Waals surface area (Å²) in [5.74, 6) is 1.91. The van der Waals surface area contributed by atoms with E-state index in [9.17, 15) is 0 Å². The van der Waals surface area contributed by atoms with Gasteiger partial charge in [-0.1, -0.05) is 23.7 Å². The Morgan fingerprint density at radius 1 is 1.13 bits per heavy atom. The predicted octanol–water partition coefficient (Wildman–Crippen LogP) is 3.27. The molecular weight excluding hydrogens is 408 g/mol. The fourth-order valence-electron chi connectivity index (χ4n) is 4.07. The smallest absolute Gasteiger partial charge is 0.191 e. The molecule has 0 atom stereocenters. The van der Waals surface area contributed by atoms with E-state index in [0.29, 0.717) is 6.54 Å². The fourth-order valence-corrected chi connectivity index (χ4v) is 4.26. The number of nitrogens with one attached hydrogen (secondary N) is 2. The maximum atomic E-state index is 6.22. The van der Waals surface area contributed by atoms with Crippen molar-refractivity contribution in [2.45, 2.75) is 31.7 Å². The van der Waals surface area contributed by atoms with Crippen LogP contribution >= 0.6 is 11.6 Å². The molecule has 0 spiro atoms. The van der Waals surface area contributed by atoms with Crippen molar-refractivity contribution in [1.82, 2.24) is 20.5 Å². The summed E-state index contributed by atoms with van der Waals surface area (Å²) in [4.78, 5) is 14.1. The van der Waals surface area contributed by atoms with Gasteiger partial charge in [0.25, 0.3) is 0 Å². The van der Waals surface area contributed by atoms with Crippen LogP contribution in [0.1, 0.15) is 30.9 Å². The van der Waals surface area contributed by atoms with E-state index in [1.807, 2.05) is 18.3 Å². The molecule has 1 aromatic carbocycles. The number of halogens is 1. The van der Waals surface area contributed by atoms with Crippen molar-refractivity contribution in [1.29, 1.82) is 0 Å². The van der Waals surface area contributed by atoms with Gasteiger partial charge in [-0.15, -0.1) is 0 Å². The topological polar surface area (TPSA) is 55.8 Å². The molecular formula is C24H33ClN6. The molecule has 1 aromatic heterocycles. The van der Waals surface area contributed by atoms with E-state index in [1.165, 1.54) is 24.0 Å². The van der Waals surface area contributed by atoms with Gasteiger partial charge in [-0.05, 0) is 62.2 Å². The molecule has 1 saturated carbocycles. The third kappa shape index (κ3) is 5.69. The average molecular weight is 441 g/mol. The number of anilines is 1. The second-order valence-corrected chi connectivity index (χ2v) is 9.09. The molecule has 2 aliphatic rings. The number of nitrogens with zero attached hydrogens (tertiary/aromatic N) is 4. The van der Waals surface area contributed by atoms with E-state index >= 15 is 0 Å². The van der Waals surface area contributed by atoms with Crippen molar-refractivity contribution in [3.05, 3.63) is 58.7 Å². The summed E-state index contributed by atoms with van der Waals surface area (Å²) in [6.07, 6.45) is 4.26. The summed E-state index contributed by atoms with van der Waals surface area (Å²) < 4.78 is 0. The van der Waals surface area contributed by atoms with E-state index in [4.69, 9.17) is 16.6 Å². The molecule has 0 amide bonds. The van der Waals surface area contributed by atoms with Crippen molar-refractivity contribution < 1.29 is 0 Å². The fraction of sp³-hybridized carbons (Fsp3) is 0.500. The second kappa shape index (κ2) is 9.88. The highest BCUT2D eigenvalue weighted by molar-refractivity contribution is 6.30. The summed E-state index contributed by atoms with van der Waals surface area (Å²) in [6, 6.07) is 12.5. The average Bonchev–Trinajstić information content (AvgIpc) is 3.58. The molecule has 31 heavy (non-hydrogen) atoms. The third-order valence-corrected chi connectivity index (χ3v) is 6.52. The number of aliphatic imine (C=N–C) groups is 1. The van der Waals surface area contributed by atoms with Crippen LogP contribution in [0.3, 0.4) is 0 Å². The lowest BCUT2D eigenvalue weighted by Crippen LogP contribution is -2.44. The highest BCUT2D eigenvalue weighted by atomic mass is 35.5. The molecule has 4 rings (SSSR count). The first-order valence-corrected chi connectivity index (χ1v) is 11.6. The molecule has 6 nitrogen and oxygen atoms in total. The minimum absolute atomic E-state index is 0.173. The van der Waals surface area contributed by atoms with E-state index in [0.717, 1.165) is 56.1 Å². The number of piperazine rings is 1. The van der Waals surface area contributed by atoms with Gasteiger partial charge >= 0.3 is 0 Å². The van der Waals surface area contributed by atoms with Gasteiger partial charge in [0.1, 0.15) is 5.82 Å². The zero-order valence-corrected chi connectivity index (χ0v) is 19.3. The molecule has 0 bridgehead atoms. The normalized spacial score (nSPS) is 18.7. The van der Waals surface area contributed by atoms with Gasteiger partial charge in [-0.25, -0.2) is 9.98 Å². The summed E-state index contributed by atoms with van der Waals surface area (Å²) in [6.45, 7) is 8.61. The van der Waals surface area contributed by atoms with Gasteiger partial charge in [0.15, 0.2) is 5.96 Å². The predicted molar refractivity (Wildman–Crippen MR) is 129 cm³/mol. The Balaban J connectivity index is 1.39. The van der Waals surface area contributed by atoms with Gasteiger partial charge in [0.2, 0.25) is 0 Å². The summed E-state index contributed by atoms with van der Waals surface area (Å²) >= 11 is 6.22. The molecule has 2 aromatic rings. The Hall–Kier alpha value is -2.31. The molecule has 2 heterocycles. The van der Waals surface area contributed by atoms with Crippen molar-refractivity contribution in [2.75, 3.05) is 51.2 Å². The Morgan fingerprint density at radius 2 is 1.94 bits per heavy atom. The minimum Gasteiger partial charge on any atom is -0.357 e. The van der Waals surface area contributed by atoms with Crippen LogP contribution in [0.5, 0.6) is 0 Å².